The molecule has 2 aromatic carbocycles. The van der Waals surface area contributed by atoms with Gasteiger partial charge in [-0.05, 0) is 75.5 Å². The molecular weight excluding hydrogens is 366 g/mol. The first-order valence-electron chi connectivity index (χ1n) is 9.99. The highest BCUT2D eigenvalue weighted by atomic mass is 16.2. The molecule has 4 rings (SSSR count). The first-order chi connectivity index (χ1) is 13.8. The number of hydrogen-bond donors (Lipinski definition) is 2. The maximum atomic E-state index is 13.0. The topological polar surface area (TPSA) is 78.5 Å². The van der Waals surface area contributed by atoms with Gasteiger partial charge in [-0.2, -0.15) is 0 Å². The summed E-state index contributed by atoms with van der Waals surface area (Å²) in [6.45, 7) is 6.76. The Labute approximate surface area is 170 Å². The molecule has 2 N–H and O–H groups in total. The average molecular weight is 391 g/mol. The zero-order valence-electron chi connectivity index (χ0n) is 16.9. The normalized spacial score (nSPS) is 21.3. The SMILES string of the molecule is Cc1ccc(C)c(N2C(=O)c3ccc(C(=O)NC4CCNC(C)C4)cc3C2=O)c1. The highest BCUT2D eigenvalue weighted by molar-refractivity contribution is 6.35. The summed E-state index contributed by atoms with van der Waals surface area (Å²) in [6.07, 6.45) is 1.74. The Bertz CT molecular complexity index is 1010. The number of fused-ring (bicyclic) bond motifs is 1. The second-order valence-electron chi connectivity index (χ2n) is 8.05. The fraction of sp³-hybridized carbons (Fsp3) is 0.348. The van der Waals surface area contributed by atoms with E-state index in [4.69, 9.17) is 0 Å². The number of rotatable bonds is 3. The number of benzene rings is 2. The van der Waals surface area contributed by atoms with Crippen LogP contribution in [0.1, 0.15) is 62.0 Å². The molecule has 2 aromatic rings. The lowest BCUT2D eigenvalue weighted by atomic mass is 9.99. The van der Waals surface area contributed by atoms with Gasteiger partial charge in [0.1, 0.15) is 0 Å². The first kappa shape index (κ1) is 19.3. The quantitative estimate of drug-likeness (QED) is 0.789. The molecule has 0 saturated carbocycles. The summed E-state index contributed by atoms with van der Waals surface area (Å²) in [4.78, 5) is 39.9. The number of piperidine rings is 1. The van der Waals surface area contributed by atoms with Crippen molar-refractivity contribution in [2.75, 3.05) is 11.4 Å². The summed E-state index contributed by atoms with van der Waals surface area (Å²) in [7, 11) is 0. The van der Waals surface area contributed by atoms with Gasteiger partial charge in [0.25, 0.3) is 17.7 Å². The van der Waals surface area contributed by atoms with Gasteiger partial charge in [-0.1, -0.05) is 12.1 Å². The molecule has 0 spiro atoms. The molecule has 1 saturated heterocycles. The van der Waals surface area contributed by atoms with Crippen LogP contribution in [0.25, 0.3) is 0 Å². The molecule has 0 aliphatic carbocycles. The minimum Gasteiger partial charge on any atom is -0.349 e. The molecule has 29 heavy (non-hydrogen) atoms. The van der Waals surface area contributed by atoms with E-state index in [9.17, 15) is 14.4 Å². The Balaban J connectivity index is 1.60. The Morgan fingerprint density at radius 1 is 1.07 bits per heavy atom. The largest absolute Gasteiger partial charge is 0.349 e. The van der Waals surface area contributed by atoms with Gasteiger partial charge < -0.3 is 10.6 Å². The van der Waals surface area contributed by atoms with E-state index in [1.807, 2.05) is 32.0 Å². The second-order valence-corrected chi connectivity index (χ2v) is 8.05. The molecule has 0 radical (unpaired) electrons. The fourth-order valence-corrected chi connectivity index (χ4v) is 4.09. The lowest BCUT2D eigenvalue weighted by molar-refractivity contribution is 0.0916. The highest BCUT2D eigenvalue weighted by Crippen LogP contribution is 2.31. The van der Waals surface area contributed by atoms with Gasteiger partial charge in [0.05, 0.1) is 16.8 Å². The van der Waals surface area contributed by atoms with Gasteiger partial charge >= 0.3 is 0 Å². The third-order valence-corrected chi connectivity index (χ3v) is 5.71. The smallest absolute Gasteiger partial charge is 0.266 e. The number of aryl methyl sites for hydroxylation is 2. The van der Waals surface area contributed by atoms with Crippen molar-refractivity contribution in [1.82, 2.24) is 10.6 Å². The van der Waals surface area contributed by atoms with E-state index in [1.165, 1.54) is 4.90 Å². The molecule has 2 unspecified atom stereocenters. The van der Waals surface area contributed by atoms with Crippen LogP contribution in [0.5, 0.6) is 0 Å². The molecule has 150 valence electrons. The van der Waals surface area contributed by atoms with Crippen molar-refractivity contribution >= 4 is 23.4 Å². The van der Waals surface area contributed by atoms with Gasteiger partial charge in [-0.15, -0.1) is 0 Å². The number of amides is 3. The summed E-state index contributed by atoms with van der Waals surface area (Å²) in [6, 6.07) is 10.9. The number of carbonyl (C=O) groups is 3. The van der Waals surface area contributed by atoms with Crippen LogP contribution in [0.15, 0.2) is 36.4 Å². The van der Waals surface area contributed by atoms with E-state index >= 15 is 0 Å². The van der Waals surface area contributed by atoms with E-state index in [1.54, 1.807) is 18.2 Å². The Kier molecular flexibility index (Phi) is 4.96. The van der Waals surface area contributed by atoms with Crippen molar-refractivity contribution in [1.29, 1.82) is 0 Å². The van der Waals surface area contributed by atoms with E-state index in [-0.39, 0.29) is 29.3 Å². The van der Waals surface area contributed by atoms with Crippen LogP contribution in [0.2, 0.25) is 0 Å². The molecule has 2 aliphatic rings. The molecule has 2 atom stereocenters. The van der Waals surface area contributed by atoms with Crippen LogP contribution >= 0.6 is 0 Å². The van der Waals surface area contributed by atoms with Crippen LogP contribution in [-0.2, 0) is 0 Å². The molecule has 3 amide bonds. The standard InChI is InChI=1S/C23H25N3O3/c1-13-4-5-14(2)20(10-13)26-22(28)18-7-6-16(12-19(18)23(26)29)21(27)25-17-8-9-24-15(3)11-17/h4-7,10,12,15,17,24H,8-9,11H2,1-3H3,(H,25,27). The predicted octanol–water partition coefficient (Wildman–Crippen LogP) is 2.97. The van der Waals surface area contributed by atoms with Gasteiger partial charge in [0.15, 0.2) is 0 Å². The van der Waals surface area contributed by atoms with Crippen LogP contribution in [0.3, 0.4) is 0 Å². The van der Waals surface area contributed by atoms with Crippen LogP contribution in [0, 0.1) is 13.8 Å². The van der Waals surface area contributed by atoms with E-state index in [0.717, 1.165) is 30.5 Å². The summed E-state index contributed by atoms with van der Waals surface area (Å²) in [5, 5.41) is 6.41. The van der Waals surface area contributed by atoms with Crippen LogP contribution < -0.4 is 15.5 Å². The van der Waals surface area contributed by atoms with Crippen LogP contribution in [0.4, 0.5) is 5.69 Å². The Morgan fingerprint density at radius 3 is 2.59 bits per heavy atom. The fourth-order valence-electron chi connectivity index (χ4n) is 4.09. The molecule has 6 heteroatoms. The maximum Gasteiger partial charge on any atom is 0.266 e. The third-order valence-electron chi connectivity index (χ3n) is 5.71. The lowest BCUT2D eigenvalue weighted by Crippen LogP contribution is -2.46. The minimum absolute atomic E-state index is 0.107. The van der Waals surface area contributed by atoms with E-state index in [2.05, 4.69) is 17.6 Å². The van der Waals surface area contributed by atoms with E-state index < -0.39 is 0 Å². The van der Waals surface area contributed by atoms with Crippen molar-refractivity contribution in [3.8, 4) is 0 Å². The maximum absolute atomic E-state index is 13.0. The molecule has 2 aliphatic heterocycles. The number of anilines is 1. The van der Waals surface area contributed by atoms with Gasteiger partial charge in [-0.3, -0.25) is 14.4 Å². The third kappa shape index (κ3) is 3.56. The van der Waals surface area contributed by atoms with Crippen molar-refractivity contribution in [2.24, 2.45) is 0 Å². The molecule has 6 nitrogen and oxygen atoms in total. The molecule has 0 bridgehead atoms. The van der Waals surface area contributed by atoms with Gasteiger partial charge in [0, 0.05) is 17.6 Å². The van der Waals surface area contributed by atoms with Crippen molar-refractivity contribution in [2.45, 2.75) is 45.7 Å². The zero-order chi connectivity index (χ0) is 20.7. The van der Waals surface area contributed by atoms with Crippen molar-refractivity contribution in [3.63, 3.8) is 0 Å². The highest BCUT2D eigenvalue weighted by Gasteiger charge is 2.38. The Hall–Kier alpha value is -2.99. The molecule has 2 heterocycles. The monoisotopic (exact) mass is 391 g/mol. The second kappa shape index (κ2) is 7.44. The number of nitrogens with one attached hydrogen (secondary N) is 2. The molecule has 0 aromatic heterocycles. The van der Waals surface area contributed by atoms with Crippen molar-refractivity contribution in [3.05, 3.63) is 64.2 Å². The lowest BCUT2D eigenvalue weighted by Gasteiger charge is -2.28. The Morgan fingerprint density at radius 2 is 1.83 bits per heavy atom. The van der Waals surface area contributed by atoms with Gasteiger partial charge in [0.2, 0.25) is 0 Å². The number of imide groups is 1. The van der Waals surface area contributed by atoms with Crippen LogP contribution in [-0.4, -0.2) is 36.3 Å². The molecular formula is C23H25N3O3. The van der Waals surface area contributed by atoms with E-state index in [0.29, 0.717) is 22.9 Å². The average Bonchev–Trinajstić information content (AvgIpc) is 2.94. The van der Waals surface area contributed by atoms with Crippen molar-refractivity contribution < 1.29 is 14.4 Å². The minimum atomic E-state index is -0.385. The summed E-state index contributed by atoms with van der Waals surface area (Å²) < 4.78 is 0. The molecule has 1 fully saturated rings. The van der Waals surface area contributed by atoms with Gasteiger partial charge in [-0.25, -0.2) is 4.90 Å². The number of hydrogen-bond acceptors (Lipinski definition) is 4. The predicted molar refractivity (Wildman–Crippen MR) is 111 cm³/mol. The first-order valence-corrected chi connectivity index (χ1v) is 9.99. The summed E-state index contributed by atoms with van der Waals surface area (Å²) >= 11 is 0. The number of nitrogens with zero attached hydrogens (tertiary/aromatic N) is 1. The summed E-state index contributed by atoms with van der Waals surface area (Å²) in [5.41, 5.74) is 3.43. The summed E-state index contributed by atoms with van der Waals surface area (Å²) in [5.74, 6) is -0.945. The zero-order valence-corrected chi connectivity index (χ0v) is 16.9. The number of carbonyl (C=O) groups excluding carboxylic acids is 3.